The highest BCUT2D eigenvalue weighted by Gasteiger charge is 2.40. The molecule has 4 amide bonds. The molecule has 1 aliphatic heterocycles. The number of hydrogen-bond donors (Lipinski definition) is 2. The van der Waals surface area contributed by atoms with Crippen molar-refractivity contribution in [3.05, 3.63) is 64.7 Å². The highest BCUT2D eigenvalue weighted by Crippen LogP contribution is 2.32. The van der Waals surface area contributed by atoms with Gasteiger partial charge >= 0.3 is 6.03 Å². The Morgan fingerprint density at radius 2 is 1.77 bits per heavy atom. The first-order chi connectivity index (χ1) is 14.5. The summed E-state index contributed by atoms with van der Waals surface area (Å²) in [5, 5.41) is 5.60. The number of anilines is 1. The highest BCUT2D eigenvalue weighted by atomic mass is 16.2. The van der Waals surface area contributed by atoms with Crippen molar-refractivity contribution in [3.63, 3.8) is 0 Å². The smallest absolute Gasteiger partial charge is 0.319 e. The van der Waals surface area contributed by atoms with Crippen molar-refractivity contribution in [2.45, 2.75) is 51.5 Å². The average molecular weight is 405 g/mol. The number of urea groups is 1. The fraction of sp³-hybridized carbons (Fsp3) is 0.375. The molecule has 2 aliphatic rings. The van der Waals surface area contributed by atoms with E-state index in [9.17, 15) is 14.4 Å². The van der Waals surface area contributed by atoms with Crippen LogP contribution in [0.4, 0.5) is 10.5 Å². The van der Waals surface area contributed by atoms with Gasteiger partial charge in [-0.2, -0.15) is 0 Å². The first-order valence-electron chi connectivity index (χ1n) is 10.7. The molecule has 1 fully saturated rings. The van der Waals surface area contributed by atoms with Crippen LogP contribution in [0.5, 0.6) is 0 Å². The van der Waals surface area contributed by atoms with Gasteiger partial charge in [0.15, 0.2) is 0 Å². The van der Waals surface area contributed by atoms with Gasteiger partial charge < -0.3 is 10.6 Å². The minimum Gasteiger partial charge on any atom is -0.338 e. The van der Waals surface area contributed by atoms with Gasteiger partial charge in [0.05, 0.1) is 11.1 Å². The molecule has 2 N–H and O–H groups in total. The van der Waals surface area contributed by atoms with E-state index < -0.39 is 0 Å². The van der Waals surface area contributed by atoms with Crippen LogP contribution >= 0.6 is 0 Å². The van der Waals surface area contributed by atoms with Crippen LogP contribution in [0.3, 0.4) is 0 Å². The molecule has 0 bridgehead atoms. The van der Waals surface area contributed by atoms with Crippen LogP contribution in [-0.2, 0) is 6.42 Å². The molecule has 0 unspecified atom stereocenters. The fourth-order valence-electron chi connectivity index (χ4n) is 4.37. The van der Waals surface area contributed by atoms with Gasteiger partial charge in [0.1, 0.15) is 0 Å². The number of fused-ring (bicyclic) bond motifs is 1. The van der Waals surface area contributed by atoms with Crippen LogP contribution < -0.4 is 10.6 Å². The second-order valence-electron chi connectivity index (χ2n) is 8.15. The van der Waals surface area contributed by atoms with Crippen molar-refractivity contribution in [3.8, 4) is 0 Å². The van der Waals surface area contributed by atoms with E-state index in [-0.39, 0.29) is 23.9 Å². The third kappa shape index (κ3) is 4.22. The van der Waals surface area contributed by atoms with Crippen LogP contribution in [0.1, 0.15) is 63.9 Å². The van der Waals surface area contributed by atoms with Gasteiger partial charge in [0.25, 0.3) is 11.8 Å². The summed E-state index contributed by atoms with van der Waals surface area (Å²) in [6.45, 7) is 2.55. The summed E-state index contributed by atoms with van der Waals surface area (Å²) >= 11 is 0. The van der Waals surface area contributed by atoms with Crippen LogP contribution in [0.2, 0.25) is 0 Å². The third-order valence-electron chi connectivity index (χ3n) is 5.90. The molecule has 0 spiro atoms. The molecule has 1 heterocycles. The van der Waals surface area contributed by atoms with Gasteiger partial charge in [-0.3, -0.25) is 14.5 Å². The second-order valence-corrected chi connectivity index (χ2v) is 8.15. The number of carbonyl (C=O) groups is 3. The summed E-state index contributed by atoms with van der Waals surface area (Å²) in [6.07, 6.45) is 5.75. The van der Waals surface area contributed by atoms with Crippen LogP contribution in [0.25, 0.3) is 0 Å². The van der Waals surface area contributed by atoms with Gasteiger partial charge in [0, 0.05) is 18.3 Å². The standard InChI is InChI=1S/C24H27N3O3/c1-16-6-5-7-17(14-16)12-13-25-24(30)26-18-10-11-20-21(15-18)23(29)27(22(20)28)19-8-3-2-4-9-19/h5-7,10-11,14-15,19H,2-4,8-9,12-13H2,1H3,(H2,25,26,30). The van der Waals surface area contributed by atoms with E-state index in [1.54, 1.807) is 18.2 Å². The molecule has 156 valence electrons. The monoisotopic (exact) mass is 405 g/mol. The van der Waals surface area contributed by atoms with Crippen LogP contribution in [0.15, 0.2) is 42.5 Å². The second kappa shape index (κ2) is 8.69. The lowest BCUT2D eigenvalue weighted by Gasteiger charge is -2.29. The van der Waals surface area contributed by atoms with Crippen molar-refractivity contribution in [1.82, 2.24) is 10.2 Å². The van der Waals surface area contributed by atoms with E-state index in [2.05, 4.69) is 16.7 Å². The van der Waals surface area contributed by atoms with Crippen molar-refractivity contribution >= 4 is 23.5 Å². The number of aryl methyl sites for hydroxylation is 1. The number of imide groups is 1. The Hall–Kier alpha value is -3.15. The zero-order valence-electron chi connectivity index (χ0n) is 17.2. The first-order valence-corrected chi connectivity index (χ1v) is 10.7. The maximum absolute atomic E-state index is 12.9. The molecule has 6 nitrogen and oxygen atoms in total. The quantitative estimate of drug-likeness (QED) is 0.729. The summed E-state index contributed by atoms with van der Waals surface area (Å²) < 4.78 is 0. The number of rotatable bonds is 5. The molecule has 2 aromatic carbocycles. The van der Waals surface area contributed by atoms with Crippen molar-refractivity contribution in [2.24, 2.45) is 0 Å². The molecule has 0 aromatic heterocycles. The summed E-state index contributed by atoms with van der Waals surface area (Å²) in [6, 6.07) is 12.8. The van der Waals surface area contributed by atoms with Gasteiger partial charge in [-0.15, -0.1) is 0 Å². The maximum Gasteiger partial charge on any atom is 0.319 e. The number of amides is 4. The number of nitrogens with zero attached hydrogens (tertiary/aromatic N) is 1. The SMILES string of the molecule is Cc1cccc(CCNC(=O)Nc2ccc3c(c2)C(=O)N(C2CCCCC2)C3=O)c1. The number of carbonyl (C=O) groups excluding carboxylic acids is 3. The van der Waals surface area contributed by atoms with E-state index in [0.29, 0.717) is 23.4 Å². The topological polar surface area (TPSA) is 78.5 Å². The van der Waals surface area contributed by atoms with Crippen molar-refractivity contribution in [2.75, 3.05) is 11.9 Å². The van der Waals surface area contributed by atoms with E-state index in [4.69, 9.17) is 0 Å². The molecular formula is C24H27N3O3. The zero-order chi connectivity index (χ0) is 21.1. The van der Waals surface area contributed by atoms with Crippen LogP contribution in [0, 0.1) is 6.92 Å². The van der Waals surface area contributed by atoms with E-state index in [0.717, 1.165) is 38.5 Å². The lowest BCUT2D eigenvalue weighted by Crippen LogP contribution is -2.40. The Kier molecular flexibility index (Phi) is 5.84. The molecule has 0 radical (unpaired) electrons. The summed E-state index contributed by atoms with van der Waals surface area (Å²) in [7, 11) is 0. The van der Waals surface area contributed by atoms with Crippen molar-refractivity contribution < 1.29 is 14.4 Å². The Morgan fingerprint density at radius 3 is 2.53 bits per heavy atom. The molecule has 0 atom stereocenters. The Bertz CT molecular complexity index is 979. The fourth-order valence-corrected chi connectivity index (χ4v) is 4.37. The lowest BCUT2D eigenvalue weighted by molar-refractivity contribution is 0.0549. The largest absolute Gasteiger partial charge is 0.338 e. The summed E-state index contributed by atoms with van der Waals surface area (Å²) in [5.41, 5.74) is 3.67. The molecular weight excluding hydrogens is 378 g/mol. The lowest BCUT2D eigenvalue weighted by atomic mass is 9.94. The average Bonchev–Trinajstić information content (AvgIpc) is 2.98. The number of nitrogens with one attached hydrogen (secondary N) is 2. The maximum atomic E-state index is 12.9. The molecule has 30 heavy (non-hydrogen) atoms. The Labute approximate surface area is 176 Å². The highest BCUT2D eigenvalue weighted by molar-refractivity contribution is 6.22. The number of hydrogen-bond acceptors (Lipinski definition) is 3. The molecule has 4 rings (SSSR count). The normalized spacial score (nSPS) is 16.5. The van der Waals surface area contributed by atoms with E-state index >= 15 is 0 Å². The summed E-state index contributed by atoms with van der Waals surface area (Å²) in [4.78, 5) is 39.3. The molecule has 0 saturated heterocycles. The third-order valence-corrected chi connectivity index (χ3v) is 5.90. The van der Waals surface area contributed by atoms with Gasteiger partial charge in [-0.05, 0) is 49.9 Å². The predicted molar refractivity (Wildman–Crippen MR) is 116 cm³/mol. The summed E-state index contributed by atoms with van der Waals surface area (Å²) in [5.74, 6) is -0.457. The van der Waals surface area contributed by atoms with Gasteiger partial charge in [-0.1, -0.05) is 49.1 Å². The first kappa shape index (κ1) is 20.1. The van der Waals surface area contributed by atoms with Gasteiger partial charge in [0.2, 0.25) is 0 Å². The minimum atomic E-state index is -0.330. The van der Waals surface area contributed by atoms with E-state index in [1.165, 1.54) is 16.0 Å². The number of benzene rings is 2. The Morgan fingerprint density at radius 1 is 1.00 bits per heavy atom. The van der Waals surface area contributed by atoms with Crippen LogP contribution in [-0.4, -0.2) is 35.3 Å². The molecule has 2 aromatic rings. The Balaban J connectivity index is 1.36. The van der Waals surface area contributed by atoms with E-state index in [1.807, 2.05) is 25.1 Å². The zero-order valence-corrected chi connectivity index (χ0v) is 17.2. The molecule has 1 aliphatic carbocycles. The molecule has 1 saturated carbocycles. The van der Waals surface area contributed by atoms with Crippen molar-refractivity contribution in [1.29, 1.82) is 0 Å². The van der Waals surface area contributed by atoms with Gasteiger partial charge in [-0.25, -0.2) is 4.79 Å². The predicted octanol–water partition coefficient (Wildman–Crippen LogP) is 4.29. The molecule has 6 heteroatoms. The minimum absolute atomic E-state index is 0.00696.